The number of Topliss-reactive ketones (excluding diaryl/α,β-unsaturated/α-hetero) is 1. The normalized spacial score (nSPS) is 14.1. The van der Waals surface area contributed by atoms with Gasteiger partial charge in [0.05, 0.1) is 19.8 Å². The Hall–Kier alpha value is -3.35. The quantitative estimate of drug-likeness (QED) is 0.658. The third kappa shape index (κ3) is 5.10. The largest absolute Gasteiger partial charge is 0.497 e. The minimum Gasteiger partial charge on any atom is -0.497 e. The Labute approximate surface area is 188 Å². The van der Waals surface area contributed by atoms with Crippen LogP contribution in [0.5, 0.6) is 11.5 Å². The maximum absolute atomic E-state index is 13.0. The van der Waals surface area contributed by atoms with Crippen LogP contribution < -0.4 is 14.8 Å². The summed E-state index contributed by atoms with van der Waals surface area (Å²) in [7, 11) is 3.08. The molecule has 2 amide bonds. The molecule has 1 aliphatic heterocycles. The highest BCUT2D eigenvalue weighted by atomic mass is 16.5. The van der Waals surface area contributed by atoms with E-state index >= 15 is 0 Å². The maximum Gasteiger partial charge on any atom is 0.257 e. The summed E-state index contributed by atoms with van der Waals surface area (Å²) in [5.41, 5.74) is 2.65. The fraction of sp³-hybridized carbons (Fsp3) is 0.400. The Bertz CT molecular complexity index is 1010. The Morgan fingerprint density at radius 3 is 2.38 bits per heavy atom. The van der Waals surface area contributed by atoms with Gasteiger partial charge in [0.25, 0.3) is 5.91 Å². The van der Waals surface area contributed by atoms with E-state index in [-0.39, 0.29) is 23.5 Å². The molecule has 0 radical (unpaired) electrons. The van der Waals surface area contributed by atoms with Crippen molar-refractivity contribution in [2.24, 2.45) is 5.92 Å². The number of rotatable bonds is 7. The van der Waals surface area contributed by atoms with Gasteiger partial charge in [0, 0.05) is 42.7 Å². The molecule has 0 spiro atoms. The van der Waals surface area contributed by atoms with E-state index in [4.69, 9.17) is 9.47 Å². The van der Waals surface area contributed by atoms with Crippen LogP contribution in [-0.4, -0.2) is 49.8 Å². The Kier molecular flexibility index (Phi) is 7.51. The Morgan fingerprint density at radius 2 is 1.75 bits per heavy atom. The molecule has 1 fully saturated rings. The summed E-state index contributed by atoms with van der Waals surface area (Å²) in [5, 5.41) is 2.98. The van der Waals surface area contributed by atoms with Crippen LogP contribution >= 0.6 is 0 Å². The zero-order valence-corrected chi connectivity index (χ0v) is 19.1. The Balaban J connectivity index is 1.63. The van der Waals surface area contributed by atoms with Crippen molar-refractivity contribution < 1.29 is 23.9 Å². The second-order valence-electron chi connectivity index (χ2n) is 7.93. The van der Waals surface area contributed by atoms with E-state index in [9.17, 15) is 14.4 Å². The highest BCUT2D eigenvalue weighted by Gasteiger charge is 2.29. The number of nitrogens with one attached hydrogen (secondary N) is 1. The molecule has 2 aromatic carbocycles. The minimum absolute atomic E-state index is 0.0429. The molecule has 0 saturated carbocycles. The summed E-state index contributed by atoms with van der Waals surface area (Å²) in [4.78, 5) is 39.6. The summed E-state index contributed by atoms with van der Waals surface area (Å²) in [5.74, 6) is 0.733. The number of hydrogen-bond donors (Lipinski definition) is 1. The molecule has 170 valence electrons. The number of likely N-dealkylation sites (tertiary alicyclic amines) is 1. The Morgan fingerprint density at radius 1 is 1.03 bits per heavy atom. The topological polar surface area (TPSA) is 84.9 Å². The lowest BCUT2D eigenvalue weighted by atomic mass is 9.95. The van der Waals surface area contributed by atoms with Crippen LogP contribution in [0.1, 0.15) is 52.5 Å². The van der Waals surface area contributed by atoms with E-state index in [1.807, 2.05) is 19.9 Å². The lowest BCUT2D eigenvalue weighted by molar-refractivity contribution is -0.121. The van der Waals surface area contributed by atoms with Gasteiger partial charge in [-0.15, -0.1) is 0 Å². The van der Waals surface area contributed by atoms with Crippen molar-refractivity contribution in [3.05, 3.63) is 53.1 Å². The lowest BCUT2D eigenvalue weighted by Gasteiger charge is -2.32. The molecular formula is C25H30N2O5. The summed E-state index contributed by atoms with van der Waals surface area (Å²) >= 11 is 0. The second-order valence-corrected chi connectivity index (χ2v) is 7.93. The first-order chi connectivity index (χ1) is 15.4. The van der Waals surface area contributed by atoms with Crippen molar-refractivity contribution in [1.82, 2.24) is 4.90 Å². The molecular weight excluding hydrogens is 408 g/mol. The number of ketones is 1. The highest BCUT2D eigenvalue weighted by molar-refractivity contribution is 6.00. The number of aryl methyl sites for hydroxylation is 1. The number of nitrogens with zero attached hydrogens (tertiary/aromatic N) is 1. The number of anilines is 1. The van der Waals surface area contributed by atoms with E-state index in [0.29, 0.717) is 60.7 Å². The molecule has 1 heterocycles. The van der Waals surface area contributed by atoms with Gasteiger partial charge < -0.3 is 19.7 Å². The average Bonchev–Trinajstić information content (AvgIpc) is 2.83. The monoisotopic (exact) mass is 438 g/mol. The van der Waals surface area contributed by atoms with Gasteiger partial charge in [-0.25, -0.2) is 0 Å². The van der Waals surface area contributed by atoms with E-state index in [2.05, 4.69) is 5.32 Å². The van der Waals surface area contributed by atoms with E-state index in [1.54, 1.807) is 42.3 Å². The molecule has 32 heavy (non-hydrogen) atoms. The number of piperidine rings is 1. The van der Waals surface area contributed by atoms with Crippen LogP contribution in [0.15, 0.2) is 36.4 Å². The van der Waals surface area contributed by atoms with Crippen molar-refractivity contribution >= 4 is 23.3 Å². The first-order valence-corrected chi connectivity index (χ1v) is 10.8. The van der Waals surface area contributed by atoms with Crippen molar-refractivity contribution in [3.63, 3.8) is 0 Å². The van der Waals surface area contributed by atoms with Crippen LogP contribution in [-0.2, 0) is 4.79 Å². The van der Waals surface area contributed by atoms with Gasteiger partial charge in [0.15, 0.2) is 5.78 Å². The smallest absolute Gasteiger partial charge is 0.257 e. The van der Waals surface area contributed by atoms with Crippen LogP contribution in [0.4, 0.5) is 5.69 Å². The number of benzene rings is 2. The van der Waals surface area contributed by atoms with Crippen molar-refractivity contribution in [2.45, 2.75) is 33.1 Å². The molecule has 1 aliphatic rings. The molecule has 0 aromatic heterocycles. The number of amides is 2. The van der Waals surface area contributed by atoms with E-state index in [1.165, 1.54) is 7.11 Å². The van der Waals surface area contributed by atoms with E-state index < -0.39 is 0 Å². The van der Waals surface area contributed by atoms with Gasteiger partial charge in [0.1, 0.15) is 11.5 Å². The highest BCUT2D eigenvalue weighted by Crippen LogP contribution is 2.28. The van der Waals surface area contributed by atoms with Gasteiger partial charge >= 0.3 is 0 Å². The SMILES string of the molecule is CCC(=O)c1ccc(C)c(NC(=O)C2CCN(C(=O)c3ccc(OC)cc3OC)CC2)c1. The third-order valence-electron chi connectivity index (χ3n) is 5.93. The fourth-order valence-electron chi connectivity index (χ4n) is 3.86. The molecule has 7 nitrogen and oxygen atoms in total. The summed E-state index contributed by atoms with van der Waals surface area (Å²) in [6, 6.07) is 10.5. The molecule has 0 unspecified atom stereocenters. The molecule has 1 saturated heterocycles. The number of methoxy groups -OCH3 is 2. The van der Waals surface area contributed by atoms with Crippen LogP contribution in [0.2, 0.25) is 0 Å². The molecule has 7 heteroatoms. The van der Waals surface area contributed by atoms with Crippen LogP contribution in [0.3, 0.4) is 0 Å². The van der Waals surface area contributed by atoms with Gasteiger partial charge in [-0.2, -0.15) is 0 Å². The molecule has 1 N–H and O–H groups in total. The molecule has 0 aliphatic carbocycles. The minimum atomic E-state index is -0.193. The lowest BCUT2D eigenvalue weighted by Crippen LogP contribution is -2.41. The van der Waals surface area contributed by atoms with Gasteiger partial charge in [-0.3, -0.25) is 14.4 Å². The van der Waals surface area contributed by atoms with Crippen molar-refractivity contribution in [1.29, 1.82) is 0 Å². The summed E-state index contributed by atoms with van der Waals surface area (Å²) < 4.78 is 10.5. The standard InChI is InChI=1S/C25H30N2O5/c1-5-22(28)18-7-6-16(2)21(14-18)26-24(29)17-10-12-27(13-11-17)25(30)20-9-8-19(31-3)15-23(20)32-4/h6-9,14-15,17H,5,10-13H2,1-4H3,(H,26,29). The van der Waals surface area contributed by atoms with Gasteiger partial charge in [-0.1, -0.05) is 19.1 Å². The number of carbonyl (C=O) groups is 3. The number of carbonyl (C=O) groups excluding carboxylic acids is 3. The van der Waals surface area contributed by atoms with Crippen molar-refractivity contribution in [3.8, 4) is 11.5 Å². The number of hydrogen-bond acceptors (Lipinski definition) is 5. The summed E-state index contributed by atoms with van der Waals surface area (Å²) in [6.45, 7) is 4.69. The first-order valence-electron chi connectivity index (χ1n) is 10.8. The molecule has 0 atom stereocenters. The summed E-state index contributed by atoms with van der Waals surface area (Å²) in [6.07, 6.45) is 1.56. The van der Waals surface area contributed by atoms with Gasteiger partial charge in [-0.05, 0) is 43.5 Å². The average molecular weight is 439 g/mol. The predicted octanol–water partition coefficient (Wildman–Crippen LogP) is 4.10. The van der Waals surface area contributed by atoms with Crippen molar-refractivity contribution in [2.75, 3.05) is 32.6 Å². The second kappa shape index (κ2) is 10.3. The molecule has 3 rings (SSSR count). The number of ether oxygens (including phenoxy) is 2. The maximum atomic E-state index is 13.0. The van der Waals surface area contributed by atoms with Crippen LogP contribution in [0, 0.1) is 12.8 Å². The van der Waals surface area contributed by atoms with Crippen LogP contribution in [0.25, 0.3) is 0 Å². The van der Waals surface area contributed by atoms with Gasteiger partial charge in [0.2, 0.25) is 5.91 Å². The predicted molar refractivity (Wildman–Crippen MR) is 123 cm³/mol. The molecule has 0 bridgehead atoms. The zero-order valence-electron chi connectivity index (χ0n) is 19.1. The van der Waals surface area contributed by atoms with E-state index in [0.717, 1.165) is 5.56 Å². The molecule has 2 aromatic rings. The zero-order chi connectivity index (χ0) is 23.3. The fourth-order valence-corrected chi connectivity index (χ4v) is 3.86. The third-order valence-corrected chi connectivity index (χ3v) is 5.93. The first kappa shape index (κ1) is 23.3.